The van der Waals surface area contributed by atoms with Crippen molar-refractivity contribution in [2.75, 3.05) is 6.54 Å². The summed E-state index contributed by atoms with van der Waals surface area (Å²) in [5, 5.41) is 10.7. The van der Waals surface area contributed by atoms with E-state index >= 15 is 0 Å². The Labute approximate surface area is 106 Å². The first-order valence-electron chi connectivity index (χ1n) is 5.26. The number of pyridine rings is 1. The number of halogens is 3. The summed E-state index contributed by atoms with van der Waals surface area (Å²) >= 11 is 0. The Morgan fingerprint density at radius 2 is 2.11 bits per heavy atom. The number of rotatable bonds is 4. The summed E-state index contributed by atoms with van der Waals surface area (Å²) in [5.74, 6) is -3.11. The van der Waals surface area contributed by atoms with Crippen molar-refractivity contribution in [2.45, 2.75) is 13.1 Å². The van der Waals surface area contributed by atoms with Crippen molar-refractivity contribution in [2.24, 2.45) is 5.92 Å². The van der Waals surface area contributed by atoms with Crippen LogP contribution in [0.3, 0.4) is 0 Å². The van der Waals surface area contributed by atoms with Gasteiger partial charge in [0, 0.05) is 12.7 Å². The number of aromatic nitrogens is 1. The van der Waals surface area contributed by atoms with Gasteiger partial charge in [-0.15, -0.1) is 0 Å². The number of alkyl halides is 3. The highest BCUT2D eigenvalue weighted by atomic mass is 19.4. The molecule has 0 fully saturated rings. The third-order valence-electron chi connectivity index (χ3n) is 2.32. The lowest BCUT2D eigenvalue weighted by Crippen LogP contribution is -2.33. The monoisotopic (exact) mass is 276 g/mol. The molecule has 2 N–H and O–H groups in total. The third-order valence-corrected chi connectivity index (χ3v) is 2.32. The number of carbonyl (C=O) groups is 2. The standard InChI is InChI=1S/C11H11F3N2O3/c1-6(10(18)19)5-16-9(17)8-7(11(12,13)14)3-2-4-15-8/h2-4,6H,5H2,1H3,(H,16,17)(H,18,19). The van der Waals surface area contributed by atoms with Gasteiger partial charge in [-0.2, -0.15) is 13.2 Å². The topological polar surface area (TPSA) is 79.3 Å². The first-order chi connectivity index (χ1) is 8.73. The van der Waals surface area contributed by atoms with Gasteiger partial charge in [-0.05, 0) is 12.1 Å². The molecule has 19 heavy (non-hydrogen) atoms. The maximum atomic E-state index is 12.6. The van der Waals surface area contributed by atoms with Crippen molar-refractivity contribution in [1.82, 2.24) is 10.3 Å². The fourth-order valence-corrected chi connectivity index (χ4v) is 1.23. The molecule has 1 rings (SSSR count). The number of nitrogens with one attached hydrogen (secondary N) is 1. The maximum Gasteiger partial charge on any atom is 0.418 e. The van der Waals surface area contributed by atoms with Crippen LogP contribution in [0.4, 0.5) is 13.2 Å². The minimum absolute atomic E-state index is 0.276. The quantitative estimate of drug-likeness (QED) is 0.874. The van der Waals surface area contributed by atoms with Gasteiger partial charge in [-0.25, -0.2) is 0 Å². The lowest BCUT2D eigenvalue weighted by molar-refractivity contribution is -0.141. The molecule has 1 amide bonds. The number of aliphatic carboxylic acids is 1. The highest BCUT2D eigenvalue weighted by Gasteiger charge is 2.35. The average molecular weight is 276 g/mol. The van der Waals surface area contributed by atoms with Gasteiger partial charge < -0.3 is 10.4 Å². The number of amides is 1. The largest absolute Gasteiger partial charge is 0.481 e. The zero-order valence-electron chi connectivity index (χ0n) is 9.86. The summed E-state index contributed by atoms with van der Waals surface area (Å²) in [6.07, 6.45) is -3.63. The van der Waals surface area contributed by atoms with Crippen molar-refractivity contribution < 1.29 is 27.9 Å². The molecule has 0 bridgehead atoms. The van der Waals surface area contributed by atoms with Gasteiger partial charge in [0.1, 0.15) is 5.69 Å². The van der Waals surface area contributed by atoms with E-state index in [0.29, 0.717) is 0 Å². The smallest absolute Gasteiger partial charge is 0.418 e. The molecular weight excluding hydrogens is 265 g/mol. The molecule has 0 aromatic carbocycles. The predicted octanol–water partition coefficient (Wildman–Crippen LogP) is 1.55. The summed E-state index contributed by atoms with van der Waals surface area (Å²) in [7, 11) is 0. The number of carboxylic acids is 1. The van der Waals surface area contributed by atoms with Crippen LogP contribution < -0.4 is 5.32 Å². The normalized spacial score (nSPS) is 12.8. The maximum absolute atomic E-state index is 12.6. The molecule has 1 aromatic heterocycles. The predicted molar refractivity (Wildman–Crippen MR) is 58.4 cm³/mol. The number of hydrogen-bond acceptors (Lipinski definition) is 3. The second-order valence-electron chi connectivity index (χ2n) is 3.85. The molecule has 0 aliphatic carbocycles. The van der Waals surface area contributed by atoms with Gasteiger partial charge >= 0.3 is 12.1 Å². The molecule has 0 aliphatic heterocycles. The Bertz CT molecular complexity index is 488. The fourth-order valence-electron chi connectivity index (χ4n) is 1.23. The molecule has 0 saturated carbocycles. The molecule has 0 radical (unpaired) electrons. The Kier molecular flexibility index (Phi) is 4.47. The Morgan fingerprint density at radius 1 is 1.47 bits per heavy atom. The summed E-state index contributed by atoms with van der Waals surface area (Å²) in [6.45, 7) is 1.05. The van der Waals surface area contributed by atoms with Crippen LogP contribution in [-0.4, -0.2) is 28.5 Å². The molecule has 5 nitrogen and oxygen atoms in total. The molecule has 1 aromatic rings. The van der Waals surface area contributed by atoms with Gasteiger partial charge in [-0.3, -0.25) is 14.6 Å². The number of hydrogen-bond donors (Lipinski definition) is 2. The minimum Gasteiger partial charge on any atom is -0.481 e. The molecule has 0 saturated heterocycles. The van der Waals surface area contributed by atoms with E-state index in [0.717, 1.165) is 18.3 Å². The fraction of sp³-hybridized carbons (Fsp3) is 0.364. The molecule has 1 atom stereocenters. The van der Waals surface area contributed by atoms with Crippen LogP contribution in [0.1, 0.15) is 23.0 Å². The van der Waals surface area contributed by atoms with Crippen molar-refractivity contribution in [1.29, 1.82) is 0 Å². The lowest BCUT2D eigenvalue weighted by Gasteiger charge is -2.12. The van der Waals surface area contributed by atoms with Crippen molar-refractivity contribution in [3.63, 3.8) is 0 Å². The Morgan fingerprint density at radius 3 is 2.63 bits per heavy atom. The van der Waals surface area contributed by atoms with Crippen LogP contribution in [0.5, 0.6) is 0 Å². The van der Waals surface area contributed by atoms with E-state index in [9.17, 15) is 22.8 Å². The van der Waals surface area contributed by atoms with E-state index < -0.39 is 35.2 Å². The first-order valence-corrected chi connectivity index (χ1v) is 5.26. The summed E-state index contributed by atoms with van der Waals surface area (Å²) < 4.78 is 37.9. The highest BCUT2D eigenvalue weighted by molar-refractivity contribution is 5.94. The molecule has 1 unspecified atom stereocenters. The van der Waals surface area contributed by atoms with Crippen LogP contribution in [-0.2, 0) is 11.0 Å². The average Bonchev–Trinajstić information content (AvgIpc) is 2.34. The third kappa shape index (κ3) is 3.94. The van der Waals surface area contributed by atoms with Gasteiger partial charge in [0.05, 0.1) is 11.5 Å². The SMILES string of the molecule is CC(CNC(=O)c1ncccc1C(F)(F)F)C(=O)O. The van der Waals surface area contributed by atoms with Crippen LogP contribution in [0.2, 0.25) is 0 Å². The molecular formula is C11H11F3N2O3. The second-order valence-corrected chi connectivity index (χ2v) is 3.85. The minimum atomic E-state index is -4.70. The molecule has 1 heterocycles. The second kappa shape index (κ2) is 5.68. The van der Waals surface area contributed by atoms with Crippen molar-refractivity contribution >= 4 is 11.9 Å². The van der Waals surface area contributed by atoms with E-state index in [1.165, 1.54) is 6.92 Å². The van der Waals surface area contributed by atoms with E-state index in [2.05, 4.69) is 10.3 Å². The Balaban J connectivity index is 2.86. The first kappa shape index (κ1) is 14.9. The molecule has 8 heteroatoms. The summed E-state index contributed by atoms with van der Waals surface area (Å²) in [5.41, 5.74) is -1.93. The Hall–Kier alpha value is -2.12. The molecule has 0 aliphatic rings. The van der Waals surface area contributed by atoms with Gasteiger partial charge in [0.15, 0.2) is 0 Å². The van der Waals surface area contributed by atoms with Gasteiger partial charge in [-0.1, -0.05) is 6.92 Å². The molecule has 104 valence electrons. The van der Waals surface area contributed by atoms with E-state index in [1.54, 1.807) is 0 Å². The van der Waals surface area contributed by atoms with E-state index in [1.807, 2.05) is 0 Å². The van der Waals surface area contributed by atoms with Crippen LogP contribution in [0.25, 0.3) is 0 Å². The van der Waals surface area contributed by atoms with Crippen LogP contribution in [0, 0.1) is 5.92 Å². The number of carbonyl (C=O) groups excluding carboxylic acids is 1. The zero-order valence-corrected chi connectivity index (χ0v) is 9.86. The van der Waals surface area contributed by atoms with Crippen LogP contribution >= 0.6 is 0 Å². The summed E-state index contributed by atoms with van der Waals surface area (Å²) in [4.78, 5) is 25.5. The molecule has 0 spiro atoms. The van der Waals surface area contributed by atoms with E-state index in [-0.39, 0.29) is 6.54 Å². The van der Waals surface area contributed by atoms with Gasteiger partial charge in [0.25, 0.3) is 5.91 Å². The van der Waals surface area contributed by atoms with Crippen molar-refractivity contribution in [3.05, 3.63) is 29.6 Å². The van der Waals surface area contributed by atoms with Crippen molar-refractivity contribution in [3.8, 4) is 0 Å². The van der Waals surface area contributed by atoms with E-state index in [4.69, 9.17) is 5.11 Å². The summed E-state index contributed by atoms with van der Waals surface area (Å²) in [6, 6.07) is 1.81. The van der Waals surface area contributed by atoms with Gasteiger partial charge in [0.2, 0.25) is 0 Å². The highest BCUT2D eigenvalue weighted by Crippen LogP contribution is 2.30. The number of carboxylic acid groups (broad SMARTS) is 1. The number of nitrogens with zero attached hydrogens (tertiary/aromatic N) is 1. The van der Waals surface area contributed by atoms with Crippen LogP contribution in [0.15, 0.2) is 18.3 Å². The zero-order chi connectivity index (χ0) is 14.6. The lowest BCUT2D eigenvalue weighted by atomic mass is 10.1.